The lowest BCUT2D eigenvalue weighted by atomic mass is 9.98. The Bertz CT molecular complexity index is 638. The molecule has 116 valence electrons. The van der Waals surface area contributed by atoms with Crippen molar-refractivity contribution in [2.75, 3.05) is 18.8 Å². The van der Waals surface area contributed by atoms with E-state index < -0.39 is 0 Å². The standard InChI is InChI=1S/C15H16ClN3O2S/c16-12-3-1-10(2-4-12)13(20)9-22-15-19-18-14(21-15)11-5-7-17-8-6-11/h1-4,11,17H,5-9H2/p+1. The van der Waals surface area contributed by atoms with Gasteiger partial charge >= 0.3 is 0 Å². The molecule has 0 amide bonds. The van der Waals surface area contributed by atoms with Crippen molar-refractivity contribution >= 4 is 29.1 Å². The third kappa shape index (κ3) is 3.88. The van der Waals surface area contributed by atoms with Crippen molar-refractivity contribution < 1.29 is 14.5 Å². The minimum atomic E-state index is 0.0219. The van der Waals surface area contributed by atoms with E-state index in [9.17, 15) is 4.79 Å². The van der Waals surface area contributed by atoms with Gasteiger partial charge in [0.1, 0.15) is 0 Å². The average molecular weight is 339 g/mol. The maximum atomic E-state index is 12.1. The molecule has 0 atom stereocenters. The molecule has 1 fully saturated rings. The number of ketones is 1. The largest absolute Gasteiger partial charge is 0.416 e. The fraction of sp³-hybridized carbons (Fsp3) is 0.400. The predicted molar refractivity (Wildman–Crippen MR) is 84.4 cm³/mol. The van der Waals surface area contributed by atoms with Gasteiger partial charge in [-0.1, -0.05) is 23.4 Å². The molecule has 0 radical (unpaired) electrons. The van der Waals surface area contributed by atoms with E-state index in [0.29, 0.717) is 27.6 Å². The zero-order chi connectivity index (χ0) is 15.4. The van der Waals surface area contributed by atoms with Crippen LogP contribution in [-0.4, -0.2) is 34.8 Å². The zero-order valence-electron chi connectivity index (χ0n) is 12.0. The zero-order valence-corrected chi connectivity index (χ0v) is 13.6. The molecule has 0 unspecified atom stereocenters. The van der Waals surface area contributed by atoms with Gasteiger partial charge in [-0.2, -0.15) is 0 Å². The number of aromatic nitrogens is 2. The van der Waals surface area contributed by atoms with Crippen molar-refractivity contribution in [3.63, 3.8) is 0 Å². The summed E-state index contributed by atoms with van der Waals surface area (Å²) in [7, 11) is 0. The SMILES string of the molecule is O=C(CSc1nnc(C2CC[NH2+]CC2)o1)c1ccc(Cl)cc1. The van der Waals surface area contributed by atoms with Crippen LogP contribution in [0.5, 0.6) is 0 Å². The topological polar surface area (TPSA) is 72.6 Å². The Morgan fingerprint density at radius 2 is 2.00 bits per heavy atom. The lowest BCUT2D eigenvalue weighted by Crippen LogP contribution is -2.86. The highest BCUT2D eigenvalue weighted by atomic mass is 35.5. The number of rotatable bonds is 5. The van der Waals surface area contributed by atoms with Crippen LogP contribution >= 0.6 is 23.4 Å². The van der Waals surface area contributed by atoms with E-state index in [2.05, 4.69) is 15.5 Å². The van der Waals surface area contributed by atoms with Crippen LogP contribution in [0.4, 0.5) is 0 Å². The van der Waals surface area contributed by atoms with Gasteiger partial charge in [-0.15, -0.1) is 10.2 Å². The molecule has 1 aliphatic rings. The normalized spacial score (nSPS) is 15.9. The first-order chi connectivity index (χ1) is 10.7. The summed E-state index contributed by atoms with van der Waals surface area (Å²) in [6.07, 6.45) is 2.13. The van der Waals surface area contributed by atoms with Crippen LogP contribution in [0.3, 0.4) is 0 Å². The number of nitrogens with two attached hydrogens (primary N) is 1. The van der Waals surface area contributed by atoms with Gasteiger partial charge in [0.25, 0.3) is 5.22 Å². The van der Waals surface area contributed by atoms with Gasteiger partial charge in [0.05, 0.1) is 18.8 Å². The summed E-state index contributed by atoms with van der Waals surface area (Å²) in [6.45, 7) is 2.20. The molecule has 22 heavy (non-hydrogen) atoms. The van der Waals surface area contributed by atoms with Crippen molar-refractivity contribution in [1.29, 1.82) is 0 Å². The second kappa shape index (κ2) is 7.26. The second-order valence-electron chi connectivity index (χ2n) is 5.27. The van der Waals surface area contributed by atoms with E-state index in [-0.39, 0.29) is 11.5 Å². The molecule has 1 saturated heterocycles. The summed E-state index contributed by atoms with van der Waals surface area (Å²) in [6, 6.07) is 6.88. The highest BCUT2D eigenvalue weighted by Gasteiger charge is 2.23. The van der Waals surface area contributed by atoms with E-state index in [1.807, 2.05) is 0 Å². The van der Waals surface area contributed by atoms with Gasteiger partial charge in [0.15, 0.2) is 5.78 Å². The number of hydrogen-bond donors (Lipinski definition) is 1. The molecule has 0 aliphatic carbocycles. The van der Waals surface area contributed by atoms with Gasteiger partial charge in [0.2, 0.25) is 5.89 Å². The minimum Gasteiger partial charge on any atom is -0.416 e. The smallest absolute Gasteiger partial charge is 0.277 e. The third-order valence-corrected chi connectivity index (χ3v) is 4.77. The summed E-state index contributed by atoms with van der Waals surface area (Å²) < 4.78 is 5.68. The van der Waals surface area contributed by atoms with Gasteiger partial charge in [0, 0.05) is 29.3 Å². The Morgan fingerprint density at radius 3 is 2.73 bits per heavy atom. The number of carbonyl (C=O) groups is 1. The molecule has 5 nitrogen and oxygen atoms in total. The maximum absolute atomic E-state index is 12.1. The first kappa shape index (κ1) is 15.5. The van der Waals surface area contributed by atoms with Crippen LogP contribution in [0, 0.1) is 0 Å². The monoisotopic (exact) mass is 338 g/mol. The number of piperidine rings is 1. The first-order valence-corrected chi connectivity index (χ1v) is 8.65. The molecule has 1 aromatic heterocycles. The molecular weight excluding hydrogens is 322 g/mol. The Kier molecular flexibility index (Phi) is 5.12. The fourth-order valence-corrected chi connectivity index (χ4v) is 3.25. The minimum absolute atomic E-state index is 0.0219. The van der Waals surface area contributed by atoms with Crippen LogP contribution in [-0.2, 0) is 0 Å². The Balaban J connectivity index is 1.56. The van der Waals surface area contributed by atoms with Crippen molar-refractivity contribution in [2.24, 2.45) is 0 Å². The fourth-order valence-electron chi connectivity index (χ4n) is 2.46. The first-order valence-electron chi connectivity index (χ1n) is 7.29. The molecule has 1 aliphatic heterocycles. The van der Waals surface area contributed by atoms with Crippen LogP contribution < -0.4 is 5.32 Å². The van der Waals surface area contributed by atoms with Crippen molar-refractivity contribution in [2.45, 2.75) is 24.0 Å². The predicted octanol–water partition coefficient (Wildman–Crippen LogP) is 2.14. The van der Waals surface area contributed by atoms with Crippen molar-refractivity contribution in [3.05, 3.63) is 40.7 Å². The number of Topliss-reactive ketones (excluding diaryl/α,β-unsaturated/α-hetero) is 1. The number of benzene rings is 1. The molecule has 0 bridgehead atoms. The van der Waals surface area contributed by atoms with Crippen molar-refractivity contribution in [3.8, 4) is 0 Å². The number of thioether (sulfide) groups is 1. The molecular formula is C15H17ClN3O2S+. The van der Waals surface area contributed by atoms with Gasteiger partial charge < -0.3 is 9.73 Å². The number of quaternary nitrogens is 1. The Morgan fingerprint density at radius 1 is 1.27 bits per heavy atom. The molecule has 7 heteroatoms. The Hall–Kier alpha value is -1.37. The molecule has 2 aromatic rings. The molecule has 2 N–H and O–H groups in total. The molecule has 0 saturated carbocycles. The lowest BCUT2D eigenvalue weighted by molar-refractivity contribution is -0.663. The van der Waals surface area contributed by atoms with Gasteiger partial charge in [-0.25, -0.2) is 0 Å². The Labute approximate surface area is 137 Å². The summed E-state index contributed by atoms with van der Waals surface area (Å²) in [5.74, 6) is 1.36. The second-order valence-corrected chi connectivity index (χ2v) is 6.63. The van der Waals surface area contributed by atoms with Gasteiger partial charge in [-0.05, 0) is 24.3 Å². The van der Waals surface area contributed by atoms with E-state index >= 15 is 0 Å². The van der Waals surface area contributed by atoms with Crippen LogP contribution in [0.25, 0.3) is 0 Å². The highest BCUT2D eigenvalue weighted by molar-refractivity contribution is 7.99. The van der Waals surface area contributed by atoms with Crippen molar-refractivity contribution in [1.82, 2.24) is 10.2 Å². The molecule has 1 aromatic carbocycles. The number of halogens is 1. The summed E-state index contributed by atoms with van der Waals surface area (Å²) in [5.41, 5.74) is 0.638. The van der Waals surface area contributed by atoms with Crippen LogP contribution in [0.2, 0.25) is 5.02 Å². The lowest BCUT2D eigenvalue weighted by Gasteiger charge is -2.16. The van der Waals surface area contributed by atoms with E-state index in [0.717, 1.165) is 25.9 Å². The highest BCUT2D eigenvalue weighted by Crippen LogP contribution is 2.26. The molecule has 3 rings (SSSR count). The quantitative estimate of drug-likeness (QED) is 0.668. The van der Waals surface area contributed by atoms with Crippen LogP contribution in [0.15, 0.2) is 33.9 Å². The van der Waals surface area contributed by atoms with Crippen LogP contribution in [0.1, 0.15) is 35.0 Å². The molecule has 2 heterocycles. The van der Waals surface area contributed by atoms with E-state index in [4.69, 9.17) is 16.0 Å². The van der Waals surface area contributed by atoms with Gasteiger partial charge in [-0.3, -0.25) is 4.79 Å². The average Bonchev–Trinajstić information content (AvgIpc) is 3.03. The number of hydrogen-bond acceptors (Lipinski definition) is 5. The molecule has 0 spiro atoms. The number of carbonyl (C=O) groups excluding carboxylic acids is 1. The third-order valence-electron chi connectivity index (χ3n) is 3.70. The summed E-state index contributed by atoms with van der Waals surface area (Å²) in [5, 5.41) is 11.5. The summed E-state index contributed by atoms with van der Waals surface area (Å²) >= 11 is 7.10. The number of nitrogens with zero attached hydrogens (tertiary/aromatic N) is 2. The summed E-state index contributed by atoms with van der Waals surface area (Å²) in [4.78, 5) is 12.1. The van der Waals surface area contributed by atoms with E-state index in [1.54, 1.807) is 24.3 Å². The maximum Gasteiger partial charge on any atom is 0.277 e. The van der Waals surface area contributed by atoms with E-state index in [1.165, 1.54) is 11.8 Å².